The number of imidazole rings is 1. The Balaban J connectivity index is 1.73. The molecule has 28 heavy (non-hydrogen) atoms. The van der Waals surface area contributed by atoms with Crippen molar-refractivity contribution in [2.24, 2.45) is 11.8 Å². The lowest BCUT2D eigenvalue weighted by molar-refractivity contribution is 0.144. The van der Waals surface area contributed by atoms with Gasteiger partial charge in [-0.1, -0.05) is 6.92 Å². The zero-order valence-corrected chi connectivity index (χ0v) is 15.7. The van der Waals surface area contributed by atoms with E-state index >= 15 is 0 Å². The molecule has 4 heterocycles. The smallest absolute Gasteiger partial charge is 0.282 e. The van der Waals surface area contributed by atoms with Crippen molar-refractivity contribution in [1.29, 1.82) is 0 Å². The molecule has 3 aromatic heterocycles. The molecule has 0 aromatic carbocycles. The largest absolute Gasteiger partial charge is 0.396 e. The summed E-state index contributed by atoms with van der Waals surface area (Å²) in [5.41, 5.74) is 1.24. The maximum atomic E-state index is 13.0. The van der Waals surface area contributed by atoms with Crippen LogP contribution in [0.1, 0.15) is 32.4 Å². The van der Waals surface area contributed by atoms with E-state index in [4.69, 9.17) is 0 Å². The maximum absolute atomic E-state index is 13.0. The molecule has 0 spiro atoms. The highest BCUT2D eigenvalue weighted by Crippen LogP contribution is 2.31. The molecule has 3 atom stereocenters. The summed E-state index contributed by atoms with van der Waals surface area (Å²) in [5.74, 6) is 1.34. The number of rotatable bonds is 4. The Hall–Kier alpha value is -2.68. The van der Waals surface area contributed by atoms with Crippen molar-refractivity contribution in [1.82, 2.24) is 24.6 Å². The Labute approximate surface area is 161 Å². The third-order valence-corrected chi connectivity index (χ3v) is 5.44. The first-order valence-corrected chi connectivity index (χ1v) is 9.30. The first kappa shape index (κ1) is 18.7. The fraction of sp³-hybridized carbons (Fsp3) is 0.474. The maximum Gasteiger partial charge on any atom is 0.282 e. The van der Waals surface area contributed by atoms with Crippen LogP contribution in [0.25, 0.3) is 17.0 Å². The number of hydrogen-bond donors (Lipinski definition) is 1. The Kier molecular flexibility index (Phi) is 4.92. The van der Waals surface area contributed by atoms with Crippen LogP contribution in [-0.4, -0.2) is 48.9 Å². The van der Waals surface area contributed by atoms with Crippen LogP contribution in [0.15, 0.2) is 30.7 Å². The number of hydrogen-bond acceptors (Lipinski definition) is 6. The number of aliphatic hydroxyl groups is 1. The Bertz CT molecular complexity index is 978. The van der Waals surface area contributed by atoms with Crippen LogP contribution in [0.5, 0.6) is 0 Å². The van der Waals surface area contributed by atoms with Crippen LogP contribution < -0.4 is 4.90 Å². The Morgan fingerprint density at radius 1 is 1.21 bits per heavy atom. The lowest BCUT2D eigenvalue weighted by atomic mass is 9.85. The highest BCUT2D eigenvalue weighted by atomic mass is 19.3. The van der Waals surface area contributed by atoms with Crippen LogP contribution in [0, 0.1) is 11.8 Å². The van der Waals surface area contributed by atoms with E-state index in [9.17, 15) is 13.9 Å². The molecule has 148 valence electrons. The minimum Gasteiger partial charge on any atom is -0.396 e. The number of alkyl halides is 2. The summed E-state index contributed by atoms with van der Waals surface area (Å²) in [5, 5.41) is 13.7. The summed E-state index contributed by atoms with van der Waals surface area (Å²) >= 11 is 0. The third-order valence-electron chi connectivity index (χ3n) is 5.44. The molecule has 9 heteroatoms. The Morgan fingerprint density at radius 2 is 2.04 bits per heavy atom. The van der Waals surface area contributed by atoms with Crippen molar-refractivity contribution in [2.45, 2.75) is 32.7 Å². The van der Waals surface area contributed by atoms with Gasteiger partial charge < -0.3 is 10.0 Å². The van der Waals surface area contributed by atoms with Gasteiger partial charge >= 0.3 is 0 Å². The summed E-state index contributed by atoms with van der Waals surface area (Å²) in [7, 11) is 0. The van der Waals surface area contributed by atoms with Gasteiger partial charge in [0.2, 0.25) is 0 Å². The minimum absolute atomic E-state index is 0.132. The molecule has 3 aromatic rings. The number of aromatic nitrogens is 5. The van der Waals surface area contributed by atoms with E-state index in [1.54, 1.807) is 6.20 Å². The quantitative estimate of drug-likeness (QED) is 0.740. The van der Waals surface area contributed by atoms with Crippen molar-refractivity contribution in [2.75, 3.05) is 18.1 Å². The predicted octanol–water partition coefficient (Wildman–Crippen LogP) is 2.97. The molecular weight excluding hydrogens is 366 g/mol. The average Bonchev–Trinajstić information content (AvgIpc) is 3.12. The first-order valence-electron chi connectivity index (χ1n) is 9.30. The van der Waals surface area contributed by atoms with Gasteiger partial charge in [0.1, 0.15) is 23.5 Å². The third kappa shape index (κ3) is 3.30. The standard InChI is InChI=1S/C19H22F2N6O/c1-11-5-13(9-28)12(2)26(8-11)18-6-15(23-10-24-18)16-7-22-17-4-3-14(19(20)21)25-27(16)17/h3-4,6-7,10-13,19,28H,5,8-9H2,1-2H3/t11-,12?,13+/m1/s1. The second-order valence-corrected chi connectivity index (χ2v) is 7.41. The monoisotopic (exact) mass is 388 g/mol. The zero-order valence-electron chi connectivity index (χ0n) is 15.7. The van der Waals surface area contributed by atoms with Gasteiger partial charge in [0.15, 0.2) is 5.65 Å². The minimum atomic E-state index is -2.66. The fourth-order valence-electron chi connectivity index (χ4n) is 3.90. The summed E-state index contributed by atoms with van der Waals surface area (Å²) in [6.45, 7) is 5.20. The highest BCUT2D eigenvalue weighted by Gasteiger charge is 2.32. The predicted molar refractivity (Wildman–Crippen MR) is 100 cm³/mol. The first-order chi connectivity index (χ1) is 13.5. The number of halogens is 2. The number of aliphatic hydroxyl groups excluding tert-OH is 1. The van der Waals surface area contributed by atoms with E-state index in [2.05, 4.69) is 38.8 Å². The van der Waals surface area contributed by atoms with Crippen LogP contribution >= 0.6 is 0 Å². The highest BCUT2D eigenvalue weighted by molar-refractivity contribution is 5.62. The van der Waals surface area contributed by atoms with E-state index in [1.165, 1.54) is 23.0 Å². The summed E-state index contributed by atoms with van der Waals surface area (Å²) < 4.78 is 27.5. The van der Waals surface area contributed by atoms with E-state index in [0.29, 0.717) is 23.0 Å². The van der Waals surface area contributed by atoms with Gasteiger partial charge in [0, 0.05) is 31.2 Å². The van der Waals surface area contributed by atoms with Crippen molar-refractivity contribution < 1.29 is 13.9 Å². The number of anilines is 1. The van der Waals surface area contributed by atoms with Gasteiger partial charge in [-0.15, -0.1) is 0 Å². The second kappa shape index (κ2) is 7.38. The molecule has 0 amide bonds. The lowest BCUT2D eigenvalue weighted by Crippen LogP contribution is -2.48. The second-order valence-electron chi connectivity index (χ2n) is 7.41. The molecule has 1 fully saturated rings. The van der Waals surface area contributed by atoms with E-state index < -0.39 is 6.43 Å². The summed E-state index contributed by atoms with van der Waals surface area (Å²) in [4.78, 5) is 15.1. The van der Waals surface area contributed by atoms with Crippen LogP contribution in [-0.2, 0) is 0 Å². The van der Waals surface area contributed by atoms with Gasteiger partial charge in [-0.25, -0.2) is 28.2 Å². The molecule has 7 nitrogen and oxygen atoms in total. The van der Waals surface area contributed by atoms with Gasteiger partial charge in [0.05, 0.1) is 11.9 Å². The molecule has 0 aliphatic carbocycles. The van der Waals surface area contributed by atoms with E-state index in [0.717, 1.165) is 18.8 Å². The zero-order chi connectivity index (χ0) is 19.8. The Morgan fingerprint density at radius 3 is 2.79 bits per heavy atom. The summed E-state index contributed by atoms with van der Waals surface area (Å²) in [6.07, 6.45) is 1.34. The molecule has 0 radical (unpaired) electrons. The van der Waals surface area contributed by atoms with Crippen molar-refractivity contribution >= 4 is 11.5 Å². The number of piperidine rings is 1. The van der Waals surface area contributed by atoms with E-state index in [-0.39, 0.29) is 24.3 Å². The van der Waals surface area contributed by atoms with Crippen molar-refractivity contribution in [3.63, 3.8) is 0 Å². The van der Waals surface area contributed by atoms with E-state index in [1.807, 2.05) is 6.07 Å². The molecule has 1 N–H and O–H groups in total. The van der Waals surface area contributed by atoms with Gasteiger partial charge in [-0.3, -0.25) is 0 Å². The molecule has 1 aliphatic rings. The molecular formula is C19H22F2N6O. The molecule has 4 rings (SSSR count). The number of nitrogens with zero attached hydrogens (tertiary/aromatic N) is 6. The number of fused-ring (bicyclic) bond motifs is 1. The normalized spacial score (nSPS) is 22.9. The molecule has 1 aliphatic heterocycles. The summed E-state index contributed by atoms with van der Waals surface area (Å²) in [6, 6.07) is 4.74. The van der Waals surface area contributed by atoms with Gasteiger partial charge in [-0.05, 0) is 31.4 Å². The SMILES string of the molecule is CC1[C@H](CO)C[C@@H](C)CN1c1cc(-c2cnc3ccc(C(F)F)nn23)ncn1. The lowest BCUT2D eigenvalue weighted by Gasteiger charge is -2.42. The van der Waals surface area contributed by atoms with Crippen molar-refractivity contribution in [3.05, 3.63) is 36.4 Å². The molecule has 1 unspecified atom stereocenters. The van der Waals surface area contributed by atoms with Crippen LogP contribution in [0.3, 0.4) is 0 Å². The van der Waals surface area contributed by atoms with Crippen molar-refractivity contribution in [3.8, 4) is 11.4 Å². The molecule has 0 bridgehead atoms. The molecule has 1 saturated heterocycles. The van der Waals surface area contributed by atoms with Crippen LogP contribution in [0.4, 0.5) is 14.6 Å². The average molecular weight is 388 g/mol. The van der Waals surface area contributed by atoms with Crippen LogP contribution in [0.2, 0.25) is 0 Å². The van der Waals surface area contributed by atoms with Gasteiger partial charge in [-0.2, -0.15) is 5.10 Å². The molecule has 0 saturated carbocycles. The fourth-order valence-corrected chi connectivity index (χ4v) is 3.90. The van der Waals surface area contributed by atoms with Gasteiger partial charge in [0.25, 0.3) is 6.43 Å². The topological polar surface area (TPSA) is 79.4 Å².